The van der Waals surface area contributed by atoms with Crippen LogP contribution in [0.5, 0.6) is 0 Å². The quantitative estimate of drug-likeness (QED) is 0.761. The van der Waals surface area contributed by atoms with Crippen molar-refractivity contribution in [3.8, 4) is 0 Å². The molecule has 0 radical (unpaired) electrons. The number of aromatic amines is 1. The van der Waals surface area contributed by atoms with Crippen LogP contribution in [-0.4, -0.2) is 23.1 Å². The van der Waals surface area contributed by atoms with Crippen LogP contribution >= 0.6 is 0 Å². The summed E-state index contributed by atoms with van der Waals surface area (Å²) in [6.45, 7) is 1.75. The highest BCUT2D eigenvalue weighted by molar-refractivity contribution is 5.05. The van der Waals surface area contributed by atoms with Crippen LogP contribution in [0.3, 0.4) is 0 Å². The van der Waals surface area contributed by atoms with E-state index in [9.17, 15) is 13.2 Å². The predicted octanol–water partition coefficient (Wildman–Crippen LogP) is 1.19. The van der Waals surface area contributed by atoms with E-state index in [0.29, 0.717) is 18.0 Å². The van der Waals surface area contributed by atoms with Crippen molar-refractivity contribution in [3.05, 3.63) is 17.7 Å². The van der Waals surface area contributed by atoms with E-state index in [1.807, 2.05) is 0 Å². The molecule has 1 saturated heterocycles. The topological polar surface area (TPSA) is 40.7 Å². The maximum absolute atomic E-state index is 12.1. The molecule has 0 saturated carbocycles. The Morgan fingerprint density at radius 3 is 2.57 bits per heavy atom. The van der Waals surface area contributed by atoms with E-state index in [0.717, 1.165) is 13.1 Å². The minimum absolute atomic E-state index is 0.441. The fraction of sp³-hybridized carbons (Fsp3) is 0.625. The average molecular weight is 205 g/mol. The molecule has 1 fully saturated rings. The van der Waals surface area contributed by atoms with Crippen molar-refractivity contribution in [2.75, 3.05) is 13.1 Å². The number of hydrogen-bond acceptors (Lipinski definition) is 2. The Morgan fingerprint density at radius 1 is 1.43 bits per heavy atom. The standard InChI is InChI=1S/C8H10F3N3/c9-8(10,11)7-13-4-6(14-7)1-5-2-12-3-5/h4-5,12H,1-3H2,(H,13,14). The first-order valence-corrected chi connectivity index (χ1v) is 4.37. The molecule has 0 spiro atoms. The molecule has 0 bridgehead atoms. The molecule has 6 heteroatoms. The molecule has 78 valence electrons. The van der Waals surface area contributed by atoms with Crippen LogP contribution in [0.4, 0.5) is 13.2 Å². The molecule has 3 nitrogen and oxygen atoms in total. The van der Waals surface area contributed by atoms with Crippen LogP contribution in [0.15, 0.2) is 6.20 Å². The van der Waals surface area contributed by atoms with E-state index in [2.05, 4.69) is 15.3 Å². The molecular formula is C8H10F3N3. The lowest BCUT2D eigenvalue weighted by atomic mass is 9.98. The Hall–Kier alpha value is -1.04. The van der Waals surface area contributed by atoms with Gasteiger partial charge >= 0.3 is 6.18 Å². The van der Waals surface area contributed by atoms with Crippen molar-refractivity contribution in [3.63, 3.8) is 0 Å². The molecule has 1 aromatic heterocycles. The molecule has 14 heavy (non-hydrogen) atoms. The van der Waals surface area contributed by atoms with Gasteiger partial charge in [0.15, 0.2) is 0 Å². The van der Waals surface area contributed by atoms with E-state index < -0.39 is 12.0 Å². The first-order valence-electron chi connectivity index (χ1n) is 4.37. The number of alkyl halides is 3. The highest BCUT2D eigenvalue weighted by Crippen LogP contribution is 2.26. The van der Waals surface area contributed by atoms with Gasteiger partial charge < -0.3 is 10.3 Å². The summed E-state index contributed by atoms with van der Waals surface area (Å²) in [5, 5.41) is 3.06. The summed E-state index contributed by atoms with van der Waals surface area (Å²) >= 11 is 0. The number of hydrogen-bond donors (Lipinski definition) is 2. The van der Waals surface area contributed by atoms with Crippen LogP contribution in [0.2, 0.25) is 0 Å². The third-order valence-electron chi connectivity index (χ3n) is 2.27. The lowest BCUT2D eigenvalue weighted by Gasteiger charge is -2.26. The van der Waals surface area contributed by atoms with Gasteiger partial charge in [-0.25, -0.2) is 4.98 Å². The van der Waals surface area contributed by atoms with Crippen LogP contribution in [0, 0.1) is 5.92 Å². The Morgan fingerprint density at radius 2 is 2.14 bits per heavy atom. The number of aromatic nitrogens is 2. The van der Waals surface area contributed by atoms with Gasteiger partial charge in [0.25, 0.3) is 0 Å². The van der Waals surface area contributed by atoms with Gasteiger partial charge in [0.1, 0.15) is 0 Å². The maximum atomic E-state index is 12.1. The minimum Gasteiger partial charge on any atom is -0.338 e. The molecule has 0 atom stereocenters. The van der Waals surface area contributed by atoms with Crippen molar-refractivity contribution in [2.45, 2.75) is 12.6 Å². The van der Waals surface area contributed by atoms with Crippen molar-refractivity contribution >= 4 is 0 Å². The third-order valence-corrected chi connectivity index (χ3v) is 2.27. The summed E-state index contributed by atoms with van der Waals surface area (Å²) < 4.78 is 36.4. The number of halogens is 3. The first kappa shape index (κ1) is 9.51. The monoisotopic (exact) mass is 205 g/mol. The molecule has 0 aromatic carbocycles. The second-order valence-electron chi connectivity index (χ2n) is 3.48. The van der Waals surface area contributed by atoms with Gasteiger partial charge in [-0.15, -0.1) is 0 Å². The zero-order valence-corrected chi connectivity index (χ0v) is 7.36. The largest absolute Gasteiger partial charge is 0.449 e. The lowest BCUT2D eigenvalue weighted by molar-refractivity contribution is -0.144. The summed E-state index contributed by atoms with van der Waals surface area (Å²) in [5.74, 6) is -0.462. The van der Waals surface area contributed by atoms with Crippen molar-refractivity contribution < 1.29 is 13.2 Å². The SMILES string of the molecule is FC(F)(F)c1ncc(CC2CNC2)[nH]1. The van der Waals surface area contributed by atoms with Gasteiger partial charge in [0.2, 0.25) is 5.82 Å². The molecule has 0 aliphatic carbocycles. The number of H-pyrrole nitrogens is 1. The fourth-order valence-corrected chi connectivity index (χ4v) is 1.41. The second-order valence-corrected chi connectivity index (χ2v) is 3.48. The Labute approximate surface area is 78.7 Å². The number of imidazole rings is 1. The average Bonchev–Trinajstić information content (AvgIpc) is 2.43. The number of nitrogens with one attached hydrogen (secondary N) is 2. The molecule has 0 amide bonds. The second kappa shape index (κ2) is 3.27. The van der Waals surface area contributed by atoms with Crippen LogP contribution in [-0.2, 0) is 12.6 Å². The molecule has 1 aromatic rings. The normalized spacial score (nSPS) is 18.2. The highest BCUT2D eigenvalue weighted by atomic mass is 19.4. The third kappa shape index (κ3) is 1.89. The van der Waals surface area contributed by atoms with E-state index in [1.165, 1.54) is 6.20 Å². The minimum atomic E-state index is -4.36. The summed E-state index contributed by atoms with van der Waals surface area (Å²) in [5.41, 5.74) is 0.559. The van der Waals surface area contributed by atoms with Crippen LogP contribution in [0.1, 0.15) is 11.5 Å². The van der Waals surface area contributed by atoms with Crippen molar-refractivity contribution in [1.29, 1.82) is 0 Å². The van der Waals surface area contributed by atoms with E-state index in [1.54, 1.807) is 0 Å². The summed E-state index contributed by atoms with van der Waals surface area (Å²) in [6.07, 6.45) is -2.46. The Kier molecular flexibility index (Phi) is 2.22. The van der Waals surface area contributed by atoms with Crippen molar-refractivity contribution in [2.24, 2.45) is 5.92 Å². The van der Waals surface area contributed by atoms with Crippen molar-refractivity contribution in [1.82, 2.24) is 15.3 Å². The Balaban J connectivity index is 2.02. The smallest absolute Gasteiger partial charge is 0.338 e. The highest BCUT2D eigenvalue weighted by Gasteiger charge is 2.34. The maximum Gasteiger partial charge on any atom is 0.449 e. The van der Waals surface area contributed by atoms with Crippen LogP contribution < -0.4 is 5.32 Å². The summed E-state index contributed by atoms with van der Waals surface area (Å²) in [4.78, 5) is 5.59. The zero-order chi connectivity index (χ0) is 10.2. The summed E-state index contributed by atoms with van der Waals surface area (Å²) in [7, 11) is 0. The van der Waals surface area contributed by atoms with Gasteiger partial charge in [0.05, 0.1) is 0 Å². The zero-order valence-electron chi connectivity index (χ0n) is 7.36. The van der Waals surface area contributed by atoms with E-state index >= 15 is 0 Å². The van der Waals surface area contributed by atoms with Gasteiger partial charge in [-0.1, -0.05) is 0 Å². The molecule has 2 N–H and O–H groups in total. The molecule has 0 unspecified atom stereocenters. The van der Waals surface area contributed by atoms with E-state index in [-0.39, 0.29) is 0 Å². The molecule has 1 aliphatic heterocycles. The van der Waals surface area contributed by atoms with Crippen LogP contribution in [0.25, 0.3) is 0 Å². The molecule has 1 aliphatic rings. The van der Waals surface area contributed by atoms with E-state index in [4.69, 9.17) is 0 Å². The predicted molar refractivity (Wildman–Crippen MR) is 43.7 cm³/mol. The molecular weight excluding hydrogens is 195 g/mol. The Bertz CT molecular complexity index is 314. The molecule has 2 heterocycles. The number of rotatable bonds is 2. The van der Waals surface area contributed by atoms with Gasteiger partial charge in [-0.3, -0.25) is 0 Å². The van der Waals surface area contributed by atoms with Gasteiger partial charge in [-0.2, -0.15) is 13.2 Å². The lowest BCUT2D eigenvalue weighted by Crippen LogP contribution is -2.43. The molecule has 2 rings (SSSR count). The van der Waals surface area contributed by atoms with Gasteiger partial charge in [-0.05, 0) is 25.4 Å². The first-order chi connectivity index (χ1) is 6.55. The summed E-state index contributed by atoms with van der Waals surface area (Å²) in [6, 6.07) is 0. The fourth-order valence-electron chi connectivity index (χ4n) is 1.41. The van der Waals surface area contributed by atoms with Gasteiger partial charge in [0, 0.05) is 11.9 Å². The number of nitrogens with zero attached hydrogens (tertiary/aromatic N) is 1.